The van der Waals surface area contributed by atoms with Crippen molar-refractivity contribution in [1.29, 1.82) is 0 Å². The first-order valence-electron chi connectivity index (χ1n) is 7.64. The van der Waals surface area contributed by atoms with E-state index < -0.39 is 5.82 Å². The lowest BCUT2D eigenvalue weighted by Gasteiger charge is -2.11. The Morgan fingerprint density at radius 1 is 1.12 bits per heavy atom. The molecule has 0 bridgehead atoms. The van der Waals surface area contributed by atoms with Crippen molar-refractivity contribution >= 4 is 39.1 Å². The Kier molecular flexibility index (Phi) is 6.52. The van der Waals surface area contributed by atoms with Gasteiger partial charge in [-0.1, -0.05) is 19.9 Å². The summed E-state index contributed by atoms with van der Waals surface area (Å²) in [5.74, 6) is -0.643. The van der Waals surface area contributed by atoms with Crippen LogP contribution in [0.2, 0.25) is 0 Å². The number of rotatable bonds is 6. The van der Waals surface area contributed by atoms with E-state index in [-0.39, 0.29) is 24.3 Å². The lowest BCUT2D eigenvalue weighted by molar-refractivity contribution is -0.119. The highest BCUT2D eigenvalue weighted by Gasteiger charge is 2.09. The fourth-order valence-corrected chi connectivity index (χ4v) is 2.36. The Labute approximate surface area is 153 Å². The number of amides is 2. The summed E-state index contributed by atoms with van der Waals surface area (Å²) < 4.78 is 18.8. The summed E-state index contributed by atoms with van der Waals surface area (Å²) in [5, 5.41) is 5.44. The van der Waals surface area contributed by atoms with Crippen LogP contribution >= 0.6 is 15.9 Å². The van der Waals surface area contributed by atoms with Gasteiger partial charge >= 0.3 is 0 Å². The quantitative estimate of drug-likeness (QED) is 0.752. The maximum absolute atomic E-state index is 13.0. The molecular weight excluding hydrogens is 391 g/mol. The molecule has 132 valence electrons. The van der Waals surface area contributed by atoms with E-state index in [1.807, 2.05) is 0 Å². The third-order valence-electron chi connectivity index (χ3n) is 3.19. The predicted octanol–water partition coefficient (Wildman–Crippen LogP) is 4.20. The molecule has 2 rings (SSSR count). The second-order valence-electron chi connectivity index (χ2n) is 5.64. The van der Waals surface area contributed by atoms with Gasteiger partial charge in [0.25, 0.3) is 5.91 Å². The minimum absolute atomic E-state index is 0.104. The molecule has 0 spiro atoms. The van der Waals surface area contributed by atoms with E-state index >= 15 is 0 Å². The smallest absolute Gasteiger partial charge is 0.262 e. The van der Waals surface area contributed by atoms with Crippen LogP contribution in [0.15, 0.2) is 46.9 Å². The summed E-state index contributed by atoms with van der Waals surface area (Å²) >= 11 is 3.17. The SMILES string of the molecule is CC(C)C(=O)Nc1cccc(NC(=O)COc2ccc(F)cc2Br)c1. The van der Waals surface area contributed by atoms with Gasteiger partial charge in [0.15, 0.2) is 6.61 Å². The Morgan fingerprint density at radius 2 is 1.80 bits per heavy atom. The summed E-state index contributed by atoms with van der Waals surface area (Å²) in [7, 11) is 0. The second kappa shape index (κ2) is 8.62. The highest BCUT2D eigenvalue weighted by molar-refractivity contribution is 9.10. The number of carbonyl (C=O) groups excluding carboxylic acids is 2. The van der Waals surface area contributed by atoms with Crippen LogP contribution in [-0.2, 0) is 9.59 Å². The van der Waals surface area contributed by atoms with Crippen molar-refractivity contribution < 1.29 is 18.7 Å². The Hall–Kier alpha value is -2.41. The van der Waals surface area contributed by atoms with Crippen molar-refractivity contribution in [1.82, 2.24) is 0 Å². The van der Waals surface area contributed by atoms with Gasteiger partial charge in [-0.2, -0.15) is 0 Å². The molecule has 7 heteroatoms. The highest BCUT2D eigenvalue weighted by Crippen LogP contribution is 2.25. The van der Waals surface area contributed by atoms with Gasteiger partial charge in [0, 0.05) is 17.3 Å². The fraction of sp³-hybridized carbons (Fsp3) is 0.222. The van der Waals surface area contributed by atoms with Crippen molar-refractivity contribution in [2.24, 2.45) is 5.92 Å². The van der Waals surface area contributed by atoms with Crippen molar-refractivity contribution in [3.8, 4) is 5.75 Å². The summed E-state index contributed by atoms with van der Waals surface area (Å²) in [6.07, 6.45) is 0. The fourth-order valence-electron chi connectivity index (χ4n) is 1.89. The van der Waals surface area contributed by atoms with Crippen LogP contribution in [0, 0.1) is 11.7 Å². The molecule has 2 aromatic carbocycles. The van der Waals surface area contributed by atoms with E-state index in [2.05, 4.69) is 26.6 Å². The maximum Gasteiger partial charge on any atom is 0.262 e. The minimum Gasteiger partial charge on any atom is -0.483 e. The normalized spacial score (nSPS) is 10.4. The molecule has 0 radical (unpaired) electrons. The largest absolute Gasteiger partial charge is 0.483 e. The molecule has 0 saturated carbocycles. The number of hydrogen-bond donors (Lipinski definition) is 2. The third-order valence-corrected chi connectivity index (χ3v) is 3.81. The number of hydrogen-bond acceptors (Lipinski definition) is 3. The van der Waals surface area contributed by atoms with Crippen molar-refractivity contribution in [2.45, 2.75) is 13.8 Å². The molecule has 0 atom stereocenters. The summed E-state index contributed by atoms with van der Waals surface area (Å²) in [6, 6.07) is 10.8. The molecule has 5 nitrogen and oxygen atoms in total. The van der Waals surface area contributed by atoms with Crippen LogP contribution in [0.4, 0.5) is 15.8 Å². The third kappa shape index (κ3) is 5.86. The first-order valence-corrected chi connectivity index (χ1v) is 8.43. The Bertz CT molecular complexity index is 781. The number of benzene rings is 2. The zero-order valence-electron chi connectivity index (χ0n) is 13.8. The van der Waals surface area contributed by atoms with Gasteiger partial charge in [0.1, 0.15) is 11.6 Å². The number of ether oxygens (including phenoxy) is 1. The number of nitrogens with one attached hydrogen (secondary N) is 2. The van der Waals surface area contributed by atoms with Gasteiger partial charge in [-0.3, -0.25) is 9.59 Å². The minimum atomic E-state index is -0.399. The molecule has 0 saturated heterocycles. The molecule has 2 aromatic rings. The molecule has 0 aromatic heterocycles. The first kappa shape index (κ1) is 18.9. The zero-order chi connectivity index (χ0) is 18.4. The lowest BCUT2D eigenvalue weighted by Crippen LogP contribution is -2.21. The molecular formula is C18H18BrFN2O3. The molecule has 2 amide bonds. The van der Waals surface area contributed by atoms with E-state index in [4.69, 9.17) is 4.74 Å². The van der Waals surface area contributed by atoms with Crippen molar-refractivity contribution in [2.75, 3.05) is 17.2 Å². The van der Waals surface area contributed by atoms with Crippen LogP contribution in [0.3, 0.4) is 0 Å². The van der Waals surface area contributed by atoms with Crippen molar-refractivity contribution in [3.05, 3.63) is 52.8 Å². The van der Waals surface area contributed by atoms with E-state index in [9.17, 15) is 14.0 Å². The average molecular weight is 409 g/mol. The molecule has 25 heavy (non-hydrogen) atoms. The standard InChI is InChI=1S/C18H18BrFN2O3/c1-11(2)18(24)22-14-5-3-4-13(9-14)21-17(23)10-25-16-7-6-12(20)8-15(16)19/h3-9,11H,10H2,1-2H3,(H,21,23)(H,22,24). The van der Waals surface area contributed by atoms with Crippen LogP contribution < -0.4 is 15.4 Å². The van der Waals surface area contributed by atoms with Crippen molar-refractivity contribution in [3.63, 3.8) is 0 Å². The Morgan fingerprint density at radius 3 is 2.44 bits per heavy atom. The van der Waals surface area contributed by atoms with Gasteiger partial charge in [0.05, 0.1) is 4.47 Å². The summed E-state index contributed by atoms with van der Waals surface area (Å²) in [5.41, 5.74) is 1.13. The topological polar surface area (TPSA) is 67.4 Å². The molecule has 0 aliphatic heterocycles. The number of halogens is 2. The zero-order valence-corrected chi connectivity index (χ0v) is 15.4. The molecule has 0 aliphatic carbocycles. The molecule has 2 N–H and O–H groups in total. The van der Waals surface area contributed by atoms with Gasteiger partial charge in [0.2, 0.25) is 5.91 Å². The van der Waals surface area contributed by atoms with E-state index in [0.717, 1.165) is 0 Å². The van der Waals surface area contributed by atoms with E-state index in [0.29, 0.717) is 21.6 Å². The highest BCUT2D eigenvalue weighted by atomic mass is 79.9. The van der Waals surface area contributed by atoms with Gasteiger partial charge < -0.3 is 15.4 Å². The molecule has 0 fully saturated rings. The van der Waals surface area contributed by atoms with Crippen LogP contribution in [-0.4, -0.2) is 18.4 Å². The van der Waals surface area contributed by atoms with Gasteiger partial charge in [-0.25, -0.2) is 4.39 Å². The molecule has 0 unspecified atom stereocenters. The number of carbonyl (C=O) groups is 2. The number of anilines is 2. The van der Waals surface area contributed by atoms with E-state index in [1.165, 1.54) is 18.2 Å². The van der Waals surface area contributed by atoms with E-state index in [1.54, 1.807) is 38.1 Å². The maximum atomic E-state index is 13.0. The predicted molar refractivity (Wildman–Crippen MR) is 98.1 cm³/mol. The molecule has 0 aliphatic rings. The lowest BCUT2D eigenvalue weighted by atomic mass is 10.2. The van der Waals surface area contributed by atoms with Crippen LogP contribution in [0.5, 0.6) is 5.75 Å². The van der Waals surface area contributed by atoms with Crippen LogP contribution in [0.1, 0.15) is 13.8 Å². The summed E-state index contributed by atoms with van der Waals surface area (Å²) in [6.45, 7) is 3.37. The van der Waals surface area contributed by atoms with Gasteiger partial charge in [-0.15, -0.1) is 0 Å². The first-order chi connectivity index (χ1) is 11.8. The average Bonchev–Trinajstić information content (AvgIpc) is 2.54. The van der Waals surface area contributed by atoms with Gasteiger partial charge in [-0.05, 0) is 52.3 Å². The monoisotopic (exact) mass is 408 g/mol. The van der Waals surface area contributed by atoms with Crippen LogP contribution in [0.25, 0.3) is 0 Å². The summed E-state index contributed by atoms with van der Waals surface area (Å²) in [4.78, 5) is 23.7. The Balaban J connectivity index is 1.93. The second-order valence-corrected chi connectivity index (χ2v) is 6.49. The molecule has 0 heterocycles.